The van der Waals surface area contributed by atoms with Crippen molar-refractivity contribution in [3.8, 4) is 17.5 Å². The van der Waals surface area contributed by atoms with E-state index in [9.17, 15) is 13.7 Å². The van der Waals surface area contributed by atoms with Crippen molar-refractivity contribution in [3.63, 3.8) is 0 Å². The van der Waals surface area contributed by atoms with E-state index in [-0.39, 0.29) is 16.7 Å². The van der Waals surface area contributed by atoms with Gasteiger partial charge in [-0.05, 0) is 30.9 Å². The summed E-state index contributed by atoms with van der Waals surface area (Å²) in [4.78, 5) is 4.05. The van der Waals surface area contributed by atoms with Crippen molar-refractivity contribution in [2.75, 3.05) is 13.1 Å². The quantitative estimate of drug-likeness (QED) is 0.863. The van der Waals surface area contributed by atoms with E-state index < -0.39 is 10.0 Å². The van der Waals surface area contributed by atoms with Crippen LogP contribution in [0.1, 0.15) is 25.5 Å². The molecule has 1 aromatic heterocycles. The summed E-state index contributed by atoms with van der Waals surface area (Å²) >= 11 is 0. The van der Waals surface area contributed by atoms with Crippen molar-refractivity contribution in [1.29, 1.82) is 5.26 Å². The highest BCUT2D eigenvalue weighted by molar-refractivity contribution is 7.89. The zero-order valence-electron chi connectivity index (χ0n) is 12.8. The van der Waals surface area contributed by atoms with Crippen LogP contribution in [0, 0.1) is 17.2 Å². The molecule has 1 saturated heterocycles. The molecule has 0 spiro atoms. The maximum Gasteiger partial charge on any atom is 0.279 e. The normalized spacial score (nSPS) is 19.4. The Morgan fingerprint density at radius 3 is 2.74 bits per heavy atom. The number of sulfonamides is 1. The van der Waals surface area contributed by atoms with E-state index in [0.29, 0.717) is 24.6 Å². The highest BCUT2D eigenvalue weighted by atomic mass is 32.2. The summed E-state index contributed by atoms with van der Waals surface area (Å²) in [7, 11) is -3.84. The third-order valence-corrected chi connectivity index (χ3v) is 5.67. The molecule has 120 valence electrons. The third-order valence-electron chi connectivity index (χ3n) is 3.92. The van der Waals surface area contributed by atoms with Crippen LogP contribution in [-0.4, -0.2) is 30.8 Å². The summed E-state index contributed by atoms with van der Waals surface area (Å²) in [6.07, 6.45) is 1.81. The van der Waals surface area contributed by atoms with Gasteiger partial charge in [-0.3, -0.25) is 0 Å². The SMILES string of the molecule is C[C@@H]1CCCN(S(=O)(=O)c2oc(-c3ccccc3)nc2C#N)C1. The van der Waals surface area contributed by atoms with Crippen LogP contribution < -0.4 is 0 Å². The van der Waals surface area contributed by atoms with Crippen molar-refractivity contribution in [2.24, 2.45) is 5.92 Å². The fraction of sp³-hybridized carbons (Fsp3) is 0.375. The monoisotopic (exact) mass is 331 g/mol. The second-order valence-corrected chi connectivity index (χ2v) is 7.58. The number of benzene rings is 1. The van der Waals surface area contributed by atoms with Crippen LogP contribution in [0.25, 0.3) is 11.5 Å². The first-order chi connectivity index (χ1) is 11.0. The van der Waals surface area contributed by atoms with Gasteiger partial charge in [-0.2, -0.15) is 14.6 Å². The predicted molar refractivity (Wildman–Crippen MR) is 83.8 cm³/mol. The van der Waals surface area contributed by atoms with Gasteiger partial charge in [0.2, 0.25) is 5.89 Å². The lowest BCUT2D eigenvalue weighted by atomic mass is 10.0. The number of hydrogen-bond acceptors (Lipinski definition) is 5. The lowest BCUT2D eigenvalue weighted by Gasteiger charge is -2.28. The van der Waals surface area contributed by atoms with E-state index in [0.717, 1.165) is 12.8 Å². The van der Waals surface area contributed by atoms with Gasteiger partial charge in [-0.25, -0.2) is 8.42 Å². The molecule has 3 rings (SSSR count). The molecule has 0 bridgehead atoms. The largest absolute Gasteiger partial charge is 0.422 e. The minimum absolute atomic E-state index is 0.144. The molecule has 2 aromatic rings. The molecule has 0 unspecified atom stereocenters. The van der Waals surface area contributed by atoms with E-state index in [1.807, 2.05) is 19.1 Å². The Bertz CT molecular complexity index is 837. The molecule has 1 atom stereocenters. The number of rotatable bonds is 3. The fourth-order valence-electron chi connectivity index (χ4n) is 2.74. The summed E-state index contributed by atoms with van der Waals surface area (Å²) in [5, 5.41) is 8.88. The molecule has 23 heavy (non-hydrogen) atoms. The molecule has 1 aliphatic rings. The van der Waals surface area contributed by atoms with E-state index >= 15 is 0 Å². The van der Waals surface area contributed by atoms with Crippen LogP contribution in [-0.2, 0) is 10.0 Å². The summed E-state index contributed by atoms with van der Waals surface area (Å²) in [6, 6.07) is 10.8. The minimum Gasteiger partial charge on any atom is -0.422 e. The average Bonchev–Trinajstić information content (AvgIpc) is 3.01. The summed E-state index contributed by atoms with van der Waals surface area (Å²) in [6.45, 7) is 2.90. The molecule has 0 N–H and O–H groups in total. The minimum atomic E-state index is -3.84. The van der Waals surface area contributed by atoms with E-state index in [1.54, 1.807) is 24.3 Å². The van der Waals surface area contributed by atoms with Gasteiger partial charge in [-0.15, -0.1) is 0 Å². The van der Waals surface area contributed by atoms with E-state index in [2.05, 4.69) is 4.98 Å². The molecule has 0 radical (unpaired) electrons. The van der Waals surface area contributed by atoms with Gasteiger partial charge in [0.25, 0.3) is 15.1 Å². The second-order valence-electron chi connectivity index (χ2n) is 5.74. The predicted octanol–water partition coefficient (Wildman–Crippen LogP) is 2.63. The van der Waals surface area contributed by atoms with Crippen molar-refractivity contribution in [1.82, 2.24) is 9.29 Å². The number of nitriles is 1. The zero-order valence-corrected chi connectivity index (χ0v) is 13.6. The average molecular weight is 331 g/mol. The molecule has 0 aliphatic carbocycles. The maximum absolute atomic E-state index is 12.8. The van der Waals surface area contributed by atoms with Crippen LogP contribution in [0.15, 0.2) is 39.8 Å². The Kier molecular flexibility index (Phi) is 4.20. The fourth-order valence-corrected chi connectivity index (χ4v) is 4.31. The van der Waals surface area contributed by atoms with Crippen LogP contribution in [0.3, 0.4) is 0 Å². The summed E-state index contributed by atoms with van der Waals surface area (Å²) in [5.74, 6) is 0.436. The number of piperidine rings is 1. The van der Waals surface area contributed by atoms with Gasteiger partial charge in [0.15, 0.2) is 5.69 Å². The molecule has 6 nitrogen and oxygen atoms in total. The summed E-state index contributed by atoms with van der Waals surface area (Å²) < 4.78 is 32.5. The van der Waals surface area contributed by atoms with Gasteiger partial charge in [0.1, 0.15) is 6.07 Å². The van der Waals surface area contributed by atoms with Gasteiger partial charge >= 0.3 is 0 Å². The number of nitrogens with zero attached hydrogens (tertiary/aromatic N) is 3. The van der Waals surface area contributed by atoms with Crippen molar-refractivity contribution in [2.45, 2.75) is 24.9 Å². The van der Waals surface area contributed by atoms with Gasteiger partial charge in [-0.1, -0.05) is 25.1 Å². The first kappa shape index (κ1) is 15.7. The molecule has 0 amide bonds. The maximum atomic E-state index is 12.8. The number of oxazole rings is 1. The third kappa shape index (κ3) is 3.00. The Morgan fingerprint density at radius 1 is 1.35 bits per heavy atom. The molecule has 2 heterocycles. The van der Waals surface area contributed by atoms with Gasteiger partial charge in [0, 0.05) is 18.7 Å². The van der Waals surface area contributed by atoms with Crippen LogP contribution in [0.2, 0.25) is 0 Å². The van der Waals surface area contributed by atoms with Crippen molar-refractivity contribution in [3.05, 3.63) is 36.0 Å². The Balaban J connectivity index is 2.02. The standard InChI is InChI=1S/C16H17N3O3S/c1-12-6-5-9-19(11-12)23(20,21)16-14(10-17)18-15(22-16)13-7-3-2-4-8-13/h2-4,7-8,12H,5-6,9,11H2,1H3/t12-/m1/s1. The molecule has 1 fully saturated rings. The van der Waals surface area contributed by atoms with Crippen LogP contribution >= 0.6 is 0 Å². The Hall–Kier alpha value is -2.17. The number of aromatic nitrogens is 1. The highest BCUT2D eigenvalue weighted by Crippen LogP contribution is 2.29. The topological polar surface area (TPSA) is 87.2 Å². The number of hydrogen-bond donors (Lipinski definition) is 0. The van der Waals surface area contributed by atoms with Crippen molar-refractivity contribution >= 4 is 10.0 Å². The van der Waals surface area contributed by atoms with Crippen molar-refractivity contribution < 1.29 is 12.8 Å². The molecular formula is C16H17N3O3S. The Morgan fingerprint density at radius 2 is 2.09 bits per heavy atom. The smallest absolute Gasteiger partial charge is 0.279 e. The molecular weight excluding hydrogens is 314 g/mol. The lowest BCUT2D eigenvalue weighted by Crippen LogP contribution is -2.39. The second kappa shape index (κ2) is 6.14. The summed E-state index contributed by atoms with van der Waals surface area (Å²) in [5.41, 5.74) is 0.444. The van der Waals surface area contributed by atoms with Crippen LogP contribution in [0.5, 0.6) is 0 Å². The van der Waals surface area contributed by atoms with Crippen LogP contribution in [0.4, 0.5) is 0 Å². The first-order valence-electron chi connectivity index (χ1n) is 7.49. The molecule has 1 aliphatic heterocycles. The highest BCUT2D eigenvalue weighted by Gasteiger charge is 2.35. The molecule has 0 saturated carbocycles. The van der Waals surface area contributed by atoms with E-state index in [4.69, 9.17) is 4.42 Å². The lowest BCUT2D eigenvalue weighted by molar-refractivity contribution is 0.275. The molecule has 7 heteroatoms. The van der Waals surface area contributed by atoms with Gasteiger partial charge in [0.05, 0.1) is 0 Å². The molecule has 1 aromatic carbocycles. The van der Waals surface area contributed by atoms with E-state index in [1.165, 1.54) is 4.31 Å². The Labute approximate surface area is 135 Å². The first-order valence-corrected chi connectivity index (χ1v) is 8.93. The van der Waals surface area contributed by atoms with Gasteiger partial charge < -0.3 is 4.42 Å². The zero-order chi connectivity index (χ0) is 16.4.